The van der Waals surface area contributed by atoms with E-state index in [0.29, 0.717) is 31.2 Å². The number of aromatic amines is 1. The molecule has 8 nitrogen and oxygen atoms in total. The number of hydrogen-bond donors (Lipinski definition) is 3. The predicted molar refractivity (Wildman–Crippen MR) is 102 cm³/mol. The smallest absolute Gasteiger partial charge is 0.179 e. The number of imidazole rings is 1. The third-order valence-corrected chi connectivity index (χ3v) is 4.85. The highest BCUT2D eigenvalue weighted by atomic mass is 16.3. The molecule has 4 aromatic rings. The molecule has 1 saturated carbocycles. The lowest BCUT2D eigenvalue weighted by atomic mass is 10.3. The molecule has 3 N–H and O–H groups in total. The second-order valence-corrected chi connectivity index (χ2v) is 6.94. The van der Waals surface area contributed by atoms with Crippen molar-refractivity contribution in [2.45, 2.75) is 38.3 Å². The first-order valence-corrected chi connectivity index (χ1v) is 9.33. The van der Waals surface area contributed by atoms with Crippen LogP contribution in [0.5, 0.6) is 0 Å². The summed E-state index contributed by atoms with van der Waals surface area (Å²) in [6, 6.07) is 7.96. The van der Waals surface area contributed by atoms with Crippen molar-refractivity contribution in [1.29, 1.82) is 0 Å². The van der Waals surface area contributed by atoms with E-state index in [-0.39, 0.29) is 6.61 Å². The fourth-order valence-corrected chi connectivity index (χ4v) is 3.28. The Hall–Kier alpha value is -3.00. The molecular weight excluding hydrogens is 342 g/mol. The number of aliphatic hydroxyl groups excluding tert-OH is 1. The average molecular weight is 363 g/mol. The van der Waals surface area contributed by atoms with Crippen LogP contribution in [0.4, 0.5) is 5.82 Å². The maximum absolute atomic E-state index is 9.18. The first-order chi connectivity index (χ1) is 13.3. The van der Waals surface area contributed by atoms with Crippen LogP contribution in [-0.2, 0) is 13.1 Å². The summed E-state index contributed by atoms with van der Waals surface area (Å²) in [6.45, 7) is 1.26. The number of benzene rings is 1. The summed E-state index contributed by atoms with van der Waals surface area (Å²) in [5.41, 5.74) is 4.54. The van der Waals surface area contributed by atoms with Gasteiger partial charge in [-0.25, -0.2) is 19.6 Å². The van der Waals surface area contributed by atoms with E-state index in [4.69, 9.17) is 4.98 Å². The molecule has 8 heteroatoms. The number of nitrogens with one attached hydrogen (secondary N) is 2. The normalized spacial score (nSPS) is 14.3. The summed E-state index contributed by atoms with van der Waals surface area (Å²) in [5.74, 6) is 2.07. The number of hydrogen-bond acceptors (Lipinski definition) is 6. The summed E-state index contributed by atoms with van der Waals surface area (Å²) in [4.78, 5) is 17.3. The zero-order chi connectivity index (χ0) is 18.2. The number of aromatic nitrogens is 6. The van der Waals surface area contributed by atoms with Gasteiger partial charge in [0.25, 0.3) is 0 Å². The zero-order valence-corrected chi connectivity index (χ0v) is 14.9. The Kier molecular flexibility index (Phi) is 3.97. The molecule has 1 aliphatic carbocycles. The summed E-state index contributed by atoms with van der Waals surface area (Å²) in [5, 5.41) is 17.2. The molecule has 1 aromatic carbocycles. The number of nitrogens with zero attached hydrogens (tertiary/aromatic N) is 5. The molecule has 0 atom stereocenters. The van der Waals surface area contributed by atoms with Crippen LogP contribution in [0.15, 0.2) is 30.5 Å². The Balaban J connectivity index is 1.44. The monoisotopic (exact) mass is 363 g/mol. The third-order valence-electron chi connectivity index (χ3n) is 4.85. The lowest BCUT2D eigenvalue weighted by molar-refractivity contribution is 0.278. The van der Waals surface area contributed by atoms with Crippen molar-refractivity contribution in [2.75, 3.05) is 11.9 Å². The van der Waals surface area contributed by atoms with Gasteiger partial charge in [-0.1, -0.05) is 12.1 Å². The molecule has 0 spiro atoms. The van der Waals surface area contributed by atoms with E-state index in [1.54, 1.807) is 0 Å². The minimum absolute atomic E-state index is 0.124. The third kappa shape index (κ3) is 3.12. The summed E-state index contributed by atoms with van der Waals surface area (Å²) in [6.07, 6.45) is 4.86. The number of anilines is 1. The van der Waals surface area contributed by atoms with Gasteiger partial charge in [0.05, 0.1) is 23.3 Å². The Morgan fingerprint density at radius 3 is 2.93 bits per heavy atom. The van der Waals surface area contributed by atoms with Crippen molar-refractivity contribution in [3.8, 4) is 0 Å². The van der Waals surface area contributed by atoms with Crippen LogP contribution >= 0.6 is 0 Å². The molecule has 0 aliphatic heterocycles. The van der Waals surface area contributed by atoms with Gasteiger partial charge in [-0.15, -0.1) is 0 Å². The van der Waals surface area contributed by atoms with Crippen LogP contribution in [0.2, 0.25) is 0 Å². The molecule has 0 radical (unpaired) electrons. The van der Waals surface area contributed by atoms with Crippen molar-refractivity contribution in [3.63, 3.8) is 0 Å². The van der Waals surface area contributed by atoms with Crippen LogP contribution < -0.4 is 5.32 Å². The van der Waals surface area contributed by atoms with E-state index in [0.717, 1.165) is 33.7 Å². The predicted octanol–water partition coefficient (Wildman–Crippen LogP) is 2.57. The molecule has 0 unspecified atom stereocenters. The molecule has 1 fully saturated rings. The number of rotatable bonds is 7. The minimum atomic E-state index is 0.124. The SMILES string of the molecule is OCCCn1nc(NCc2nc3ccccc3[nH]2)c2ncc(C3CC3)nc21. The topological polar surface area (TPSA) is 105 Å². The highest BCUT2D eigenvalue weighted by molar-refractivity contribution is 5.83. The molecule has 138 valence electrons. The molecule has 0 bridgehead atoms. The summed E-state index contributed by atoms with van der Waals surface area (Å²) in [7, 11) is 0. The van der Waals surface area contributed by atoms with Gasteiger partial charge in [0.2, 0.25) is 0 Å². The van der Waals surface area contributed by atoms with E-state index in [2.05, 4.69) is 25.4 Å². The molecule has 0 saturated heterocycles. The van der Waals surface area contributed by atoms with E-state index in [9.17, 15) is 5.11 Å². The van der Waals surface area contributed by atoms with Gasteiger partial charge in [0, 0.05) is 25.3 Å². The van der Waals surface area contributed by atoms with E-state index in [1.165, 1.54) is 12.8 Å². The molecule has 27 heavy (non-hydrogen) atoms. The van der Waals surface area contributed by atoms with Crippen LogP contribution in [-0.4, -0.2) is 41.4 Å². The van der Waals surface area contributed by atoms with Gasteiger partial charge in [-0.3, -0.25) is 0 Å². The van der Waals surface area contributed by atoms with Crippen molar-refractivity contribution in [2.24, 2.45) is 0 Å². The molecular formula is C19H21N7O. The van der Waals surface area contributed by atoms with Crippen LogP contribution in [0.25, 0.3) is 22.2 Å². The lowest BCUT2D eigenvalue weighted by Gasteiger charge is -2.01. The van der Waals surface area contributed by atoms with Crippen LogP contribution in [0.1, 0.15) is 36.7 Å². The van der Waals surface area contributed by atoms with Gasteiger partial charge in [0.15, 0.2) is 17.0 Å². The lowest BCUT2D eigenvalue weighted by Crippen LogP contribution is -2.05. The minimum Gasteiger partial charge on any atom is -0.396 e. The molecule has 5 rings (SSSR count). The highest BCUT2D eigenvalue weighted by Crippen LogP contribution is 2.39. The van der Waals surface area contributed by atoms with Gasteiger partial charge in [-0.05, 0) is 31.4 Å². The molecule has 0 amide bonds. The van der Waals surface area contributed by atoms with Crippen LogP contribution in [0, 0.1) is 0 Å². The number of aliphatic hydroxyl groups is 1. The van der Waals surface area contributed by atoms with Crippen molar-refractivity contribution < 1.29 is 5.11 Å². The average Bonchev–Trinajstić information content (AvgIpc) is 3.37. The Morgan fingerprint density at radius 2 is 2.11 bits per heavy atom. The van der Waals surface area contributed by atoms with E-state index in [1.807, 2.05) is 35.1 Å². The fourth-order valence-electron chi connectivity index (χ4n) is 3.28. The standard InChI is InChI=1S/C19H21N7O/c27-9-3-8-26-19-17(20-10-15(24-19)12-6-7-12)18(25-26)21-11-16-22-13-4-1-2-5-14(13)23-16/h1-2,4-5,10,12,27H,3,6-9,11H2,(H,21,25)(H,22,23). The first-order valence-electron chi connectivity index (χ1n) is 9.33. The highest BCUT2D eigenvalue weighted by Gasteiger charge is 2.26. The van der Waals surface area contributed by atoms with Gasteiger partial charge in [-0.2, -0.15) is 5.10 Å². The van der Waals surface area contributed by atoms with E-state index >= 15 is 0 Å². The zero-order valence-electron chi connectivity index (χ0n) is 14.9. The van der Waals surface area contributed by atoms with Crippen molar-refractivity contribution in [3.05, 3.63) is 42.0 Å². The number of para-hydroxylation sites is 2. The molecule has 3 aromatic heterocycles. The fraction of sp³-hybridized carbons (Fsp3) is 0.368. The maximum Gasteiger partial charge on any atom is 0.179 e. The van der Waals surface area contributed by atoms with Gasteiger partial charge < -0.3 is 15.4 Å². The maximum atomic E-state index is 9.18. The largest absolute Gasteiger partial charge is 0.396 e. The van der Waals surface area contributed by atoms with Gasteiger partial charge in [0.1, 0.15) is 5.82 Å². The van der Waals surface area contributed by atoms with Crippen molar-refractivity contribution in [1.82, 2.24) is 29.7 Å². The van der Waals surface area contributed by atoms with Crippen LogP contribution in [0.3, 0.4) is 0 Å². The van der Waals surface area contributed by atoms with Crippen molar-refractivity contribution >= 4 is 28.0 Å². The summed E-state index contributed by atoms with van der Waals surface area (Å²) < 4.78 is 1.84. The number of aryl methyl sites for hydroxylation is 1. The number of fused-ring (bicyclic) bond motifs is 2. The second-order valence-electron chi connectivity index (χ2n) is 6.94. The molecule has 3 heterocycles. The summed E-state index contributed by atoms with van der Waals surface area (Å²) >= 11 is 0. The second kappa shape index (κ2) is 6.62. The Morgan fingerprint density at radius 1 is 1.22 bits per heavy atom. The van der Waals surface area contributed by atoms with Gasteiger partial charge >= 0.3 is 0 Å². The Labute approximate surface area is 155 Å². The first kappa shape index (κ1) is 16.2. The van der Waals surface area contributed by atoms with E-state index < -0.39 is 0 Å². The quantitative estimate of drug-likeness (QED) is 0.466. The molecule has 1 aliphatic rings. The Bertz CT molecular complexity index is 1060. The number of H-pyrrole nitrogens is 1.